The van der Waals surface area contributed by atoms with E-state index in [2.05, 4.69) is 36.1 Å². The first-order valence-electron chi connectivity index (χ1n) is 6.80. The van der Waals surface area contributed by atoms with E-state index in [1.165, 1.54) is 11.1 Å². The smallest absolute Gasteiger partial charge is 0.0903 e. The normalized spacial score (nSPS) is 30.5. The number of hydrogen-bond donors (Lipinski definition) is 0. The van der Waals surface area contributed by atoms with Crippen molar-refractivity contribution >= 4 is 17.7 Å². The molecule has 0 saturated carbocycles. The molecule has 0 amide bonds. The van der Waals surface area contributed by atoms with Crippen molar-refractivity contribution in [2.45, 2.75) is 37.1 Å². The number of thioether (sulfide) groups is 1. The van der Waals surface area contributed by atoms with Crippen LogP contribution < -0.4 is 5.11 Å². The van der Waals surface area contributed by atoms with Crippen LogP contribution in [0.2, 0.25) is 0 Å². The van der Waals surface area contributed by atoms with Gasteiger partial charge in [0, 0.05) is 25.0 Å². The van der Waals surface area contributed by atoms with Crippen molar-refractivity contribution < 1.29 is 9.90 Å². The Morgan fingerprint density at radius 2 is 2.32 bits per heavy atom. The first kappa shape index (κ1) is 13.0. The van der Waals surface area contributed by atoms with E-state index in [1.807, 2.05) is 11.8 Å². The molecule has 0 radical (unpaired) electrons. The molecule has 0 N–H and O–H groups in total. The second-order valence-corrected chi connectivity index (χ2v) is 6.94. The van der Waals surface area contributed by atoms with Crippen LogP contribution >= 0.6 is 11.8 Å². The van der Waals surface area contributed by atoms with Gasteiger partial charge in [-0.25, -0.2) is 0 Å². The summed E-state index contributed by atoms with van der Waals surface area (Å²) in [5, 5.41) is 10.9. The maximum atomic E-state index is 10.9. The molecule has 19 heavy (non-hydrogen) atoms. The third-order valence-electron chi connectivity index (χ3n) is 4.36. The van der Waals surface area contributed by atoms with Crippen molar-refractivity contribution in [2.24, 2.45) is 0 Å². The quantitative estimate of drug-likeness (QED) is 0.818. The van der Waals surface area contributed by atoms with Crippen LogP contribution in [0, 0.1) is 0 Å². The Hall–Kier alpha value is -1.00. The first-order chi connectivity index (χ1) is 9.11. The summed E-state index contributed by atoms with van der Waals surface area (Å²) in [5.41, 5.74) is 2.76. The molecule has 4 heteroatoms. The van der Waals surface area contributed by atoms with Gasteiger partial charge in [-0.1, -0.05) is 24.3 Å². The minimum Gasteiger partial charge on any atom is -0.550 e. The zero-order chi connectivity index (χ0) is 13.5. The second-order valence-electron chi connectivity index (χ2n) is 5.45. The predicted molar refractivity (Wildman–Crippen MR) is 74.7 cm³/mol. The number of nitrogens with zero attached hydrogens (tertiary/aromatic N) is 1. The highest BCUT2D eigenvalue weighted by molar-refractivity contribution is 8.00. The van der Waals surface area contributed by atoms with Crippen LogP contribution in [0.5, 0.6) is 0 Å². The van der Waals surface area contributed by atoms with Gasteiger partial charge in [-0.05, 0) is 36.6 Å². The highest BCUT2D eigenvalue weighted by Crippen LogP contribution is 2.49. The number of hydrogen-bond acceptors (Lipinski definition) is 4. The van der Waals surface area contributed by atoms with Crippen molar-refractivity contribution in [3.05, 3.63) is 35.4 Å². The van der Waals surface area contributed by atoms with E-state index in [-0.39, 0.29) is 17.3 Å². The minimum absolute atomic E-state index is 0.0762. The molecule has 1 aromatic rings. The van der Waals surface area contributed by atoms with Crippen LogP contribution in [0.3, 0.4) is 0 Å². The molecule has 1 saturated heterocycles. The third-order valence-corrected chi connectivity index (χ3v) is 5.82. The van der Waals surface area contributed by atoms with Crippen molar-refractivity contribution in [1.29, 1.82) is 0 Å². The van der Waals surface area contributed by atoms with Gasteiger partial charge in [0.15, 0.2) is 0 Å². The lowest BCUT2D eigenvalue weighted by atomic mass is 9.90. The molecule has 2 aliphatic rings. The molecule has 3 rings (SSSR count). The molecule has 102 valence electrons. The number of aliphatic carboxylic acids is 1. The Bertz CT molecular complexity index is 505. The number of carboxylic acid groups (broad SMARTS) is 1. The maximum Gasteiger partial charge on any atom is 0.0903 e. The van der Waals surface area contributed by atoms with E-state index in [1.54, 1.807) is 0 Å². The highest BCUT2D eigenvalue weighted by atomic mass is 32.2. The van der Waals surface area contributed by atoms with Crippen LogP contribution in [0.4, 0.5) is 0 Å². The lowest BCUT2D eigenvalue weighted by Gasteiger charge is -2.52. The number of rotatable bonds is 2. The Labute approximate surface area is 118 Å². The molecule has 2 atom stereocenters. The summed E-state index contributed by atoms with van der Waals surface area (Å²) in [6.07, 6.45) is 2.10. The molecule has 0 spiro atoms. The molecule has 0 aromatic heterocycles. The fraction of sp³-hybridized carbons (Fsp3) is 0.533. The highest BCUT2D eigenvalue weighted by Gasteiger charge is 2.44. The summed E-state index contributed by atoms with van der Waals surface area (Å²) in [6, 6.07) is 8.67. The number of carbonyl (C=O) groups is 1. The molecular weight excluding hydrogens is 258 g/mol. The number of carboxylic acids is 1. The average molecular weight is 276 g/mol. The number of fused-ring (bicyclic) bond motifs is 3. The van der Waals surface area contributed by atoms with Gasteiger partial charge in [-0.15, -0.1) is 11.8 Å². The summed E-state index contributed by atoms with van der Waals surface area (Å²) in [5.74, 6) is 0.0809. The first-order valence-corrected chi connectivity index (χ1v) is 7.79. The second kappa shape index (κ2) is 4.84. The van der Waals surface area contributed by atoms with Crippen molar-refractivity contribution in [1.82, 2.24) is 4.90 Å². The standard InChI is InChI=1S/C15H19NO2S/c1-15-13-5-3-2-4-11(13)6-8-16(15)12(7-9-19-15)10-14(17)18/h2-5,12H,6-10H2,1H3,(H,17,18)/p-1. The van der Waals surface area contributed by atoms with Gasteiger partial charge in [-0.3, -0.25) is 4.90 Å². The van der Waals surface area contributed by atoms with Gasteiger partial charge in [-0.2, -0.15) is 0 Å². The van der Waals surface area contributed by atoms with Gasteiger partial charge in [0.1, 0.15) is 0 Å². The van der Waals surface area contributed by atoms with Gasteiger partial charge in [0.05, 0.1) is 4.87 Å². The zero-order valence-electron chi connectivity index (χ0n) is 11.1. The molecule has 0 aliphatic carbocycles. The van der Waals surface area contributed by atoms with E-state index in [0.717, 1.165) is 25.1 Å². The van der Waals surface area contributed by atoms with E-state index < -0.39 is 5.97 Å². The number of carbonyl (C=O) groups excluding carboxylic acids is 1. The summed E-state index contributed by atoms with van der Waals surface area (Å²) in [4.78, 5) is 13.2. The minimum atomic E-state index is -0.932. The van der Waals surface area contributed by atoms with Crippen molar-refractivity contribution in [3.8, 4) is 0 Å². The lowest BCUT2D eigenvalue weighted by molar-refractivity contribution is -0.307. The summed E-state index contributed by atoms with van der Waals surface area (Å²) < 4.78 is 0. The lowest BCUT2D eigenvalue weighted by Crippen LogP contribution is -2.55. The largest absolute Gasteiger partial charge is 0.550 e. The Morgan fingerprint density at radius 1 is 1.53 bits per heavy atom. The van der Waals surface area contributed by atoms with E-state index in [9.17, 15) is 9.90 Å². The van der Waals surface area contributed by atoms with E-state index in [0.29, 0.717) is 0 Å². The van der Waals surface area contributed by atoms with Crippen LogP contribution in [0.15, 0.2) is 24.3 Å². The van der Waals surface area contributed by atoms with Crippen molar-refractivity contribution in [3.63, 3.8) is 0 Å². The van der Waals surface area contributed by atoms with Crippen LogP contribution in [-0.4, -0.2) is 29.2 Å². The molecule has 2 unspecified atom stereocenters. The Morgan fingerprint density at radius 3 is 3.11 bits per heavy atom. The average Bonchev–Trinajstić information content (AvgIpc) is 2.38. The number of benzene rings is 1. The van der Waals surface area contributed by atoms with Crippen LogP contribution in [0.1, 0.15) is 30.9 Å². The third kappa shape index (κ3) is 2.17. The van der Waals surface area contributed by atoms with Crippen LogP contribution in [0.25, 0.3) is 0 Å². The van der Waals surface area contributed by atoms with Gasteiger partial charge < -0.3 is 9.90 Å². The van der Waals surface area contributed by atoms with Crippen molar-refractivity contribution in [2.75, 3.05) is 12.3 Å². The maximum absolute atomic E-state index is 10.9. The molecule has 2 heterocycles. The fourth-order valence-electron chi connectivity index (χ4n) is 3.45. The Kier molecular flexibility index (Phi) is 3.31. The molecule has 2 aliphatic heterocycles. The molecule has 1 aromatic carbocycles. The Balaban J connectivity index is 1.97. The summed E-state index contributed by atoms with van der Waals surface area (Å²) in [7, 11) is 0. The van der Waals surface area contributed by atoms with E-state index in [4.69, 9.17) is 0 Å². The van der Waals surface area contributed by atoms with Gasteiger partial charge in [0.25, 0.3) is 0 Å². The van der Waals surface area contributed by atoms with E-state index >= 15 is 0 Å². The summed E-state index contributed by atoms with van der Waals surface area (Å²) in [6.45, 7) is 3.18. The monoisotopic (exact) mass is 276 g/mol. The zero-order valence-corrected chi connectivity index (χ0v) is 11.9. The molecule has 0 bridgehead atoms. The predicted octanol–water partition coefficient (Wildman–Crippen LogP) is 1.36. The molecular formula is C15H18NO2S-. The van der Waals surface area contributed by atoms with Crippen LogP contribution in [-0.2, 0) is 16.1 Å². The van der Waals surface area contributed by atoms with Gasteiger partial charge in [0.2, 0.25) is 0 Å². The molecule has 3 nitrogen and oxygen atoms in total. The SMILES string of the molecule is CC12SCCC(CC(=O)[O-])N1CCc1ccccc12. The molecule has 1 fully saturated rings. The van der Waals surface area contributed by atoms with Gasteiger partial charge >= 0.3 is 0 Å². The fourth-order valence-corrected chi connectivity index (χ4v) is 4.99. The summed E-state index contributed by atoms with van der Waals surface area (Å²) >= 11 is 1.94. The topological polar surface area (TPSA) is 43.4 Å².